The number of hydrogen-bond acceptors (Lipinski definition) is 3. The smallest absolute Gasteiger partial charge is 0.408 e. The van der Waals surface area contributed by atoms with Gasteiger partial charge in [-0.25, -0.2) is 4.79 Å². The van der Waals surface area contributed by atoms with Gasteiger partial charge in [-0.15, -0.1) is 0 Å². The molecule has 1 saturated heterocycles. The second kappa shape index (κ2) is 7.38. The number of benzene rings is 2. The predicted octanol–water partition coefficient (Wildman–Crippen LogP) is 3.27. The molecule has 1 aliphatic rings. The van der Waals surface area contributed by atoms with Crippen LogP contribution in [0.2, 0.25) is 0 Å². The minimum absolute atomic E-state index is 0.00151. The lowest BCUT2D eigenvalue weighted by atomic mass is 10.0. The van der Waals surface area contributed by atoms with Crippen LogP contribution in [0, 0.1) is 0 Å². The zero-order valence-corrected chi connectivity index (χ0v) is 14.4. The summed E-state index contributed by atoms with van der Waals surface area (Å²) in [4.78, 5) is 26.7. The van der Waals surface area contributed by atoms with Crippen LogP contribution >= 0.6 is 0 Å². The summed E-state index contributed by atoms with van der Waals surface area (Å²) in [5.41, 5.74) is 1.86. The summed E-state index contributed by atoms with van der Waals surface area (Å²) in [6, 6.07) is 18.5. The fourth-order valence-electron chi connectivity index (χ4n) is 2.99. The summed E-state index contributed by atoms with van der Waals surface area (Å²) in [6.07, 6.45) is -1.17. The molecule has 130 valence electrons. The molecule has 1 fully saturated rings. The first-order valence-electron chi connectivity index (χ1n) is 8.43. The first-order valence-corrected chi connectivity index (χ1v) is 8.43. The molecule has 0 radical (unpaired) electrons. The van der Waals surface area contributed by atoms with Crippen LogP contribution in [0.15, 0.2) is 60.7 Å². The third-order valence-electron chi connectivity index (χ3n) is 4.31. The first kappa shape index (κ1) is 17.0. The fourth-order valence-corrected chi connectivity index (χ4v) is 2.99. The summed E-state index contributed by atoms with van der Waals surface area (Å²) in [6.45, 7) is 4.43. The molecule has 5 heteroatoms. The third kappa shape index (κ3) is 3.82. The van der Waals surface area contributed by atoms with Crippen molar-refractivity contribution in [3.8, 4) is 0 Å². The van der Waals surface area contributed by atoms with Gasteiger partial charge in [0.15, 0.2) is 12.1 Å². The van der Waals surface area contributed by atoms with E-state index in [4.69, 9.17) is 4.74 Å². The Morgan fingerprint density at radius 1 is 1.08 bits per heavy atom. The van der Waals surface area contributed by atoms with Gasteiger partial charge < -0.3 is 15.0 Å². The Bertz CT molecular complexity index is 731. The van der Waals surface area contributed by atoms with Gasteiger partial charge in [0.25, 0.3) is 0 Å². The van der Waals surface area contributed by atoms with E-state index in [1.54, 1.807) is 4.90 Å². The Morgan fingerprint density at radius 2 is 1.68 bits per heavy atom. The zero-order chi connectivity index (χ0) is 17.8. The zero-order valence-electron chi connectivity index (χ0n) is 14.4. The van der Waals surface area contributed by atoms with Gasteiger partial charge in [-0.1, -0.05) is 60.7 Å². The largest absolute Gasteiger partial charge is 0.439 e. The number of ether oxygens (including phenoxy) is 1. The van der Waals surface area contributed by atoms with Crippen molar-refractivity contribution >= 4 is 12.0 Å². The van der Waals surface area contributed by atoms with E-state index in [-0.39, 0.29) is 11.9 Å². The van der Waals surface area contributed by atoms with Gasteiger partial charge in [-0.2, -0.15) is 0 Å². The van der Waals surface area contributed by atoms with Gasteiger partial charge in [0.2, 0.25) is 5.91 Å². The molecule has 1 heterocycles. The molecule has 2 atom stereocenters. The quantitative estimate of drug-likeness (QED) is 0.910. The predicted molar refractivity (Wildman–Crippen MR) is 94.7 cm³/mol. The normalized spacial score (nSPS) is 19.4. The van der Waals surface area contributed by atoms with Crippen molar-refractivity contribution in [3.05, 3.63) is 71.8 Å². The maximum atomic E-state index is 13.2. The molecule has 0 spiro atoms. The highest BCUT2D eigenvalue weighted by Crippen LogP contribution is 2.28. The summed E-state index contributed by atoms with van der Waals surface area (Å²) in [7, 11) is 0. The average molecular weight is 338 g/mol. The average Bonchev–Trinajstić information content (AvgIpc) is 3.02. The Hall–Kier alpha value is -2.82. The molecule has 0 aliphatic carbocycles. The Kier molecular flexibility index (Phi) is 5.03. The topological polar surface area (TPSA) is 58.6 Å². The molecule has 0 bridgehead atoms. The van der Waals surface area contributed by atoms with Crippen LogP contribution in [0.5, 0.6) is 0 Å². The number of nitrogens with zero attached hydrogens (tertiary/aromatic N) is 1. The second-order valence-corrected chi connectivity index (χ2v) is 6.40. The van der Waals surface area contributed by atoms with E-state index in [2.05, 4.69) is 5.32 Å². The van der Waals surface area contributed by atoms with E-state index in [9.17, 15) is 9.59 Å². The summed E-state index contributed by atoms with van der Waals surface area (Å²) >= 11 is 0. The van der Waals surface area contributed by atoms with E-state index < -0.39 is 18.2 Å². The molecule has 2 aromatic rings. The number of carbonyl (C=O) groups is 2. The van der Waals surface area contributed by atoms with Crippen molar-refractivity contribution in [1.29, 1.82) is 0 Å². The van der Waals surface area contributed by atoms with Crippen LogP contribution < -0.4 is 5.32 Å². The number of nitrogens with one attached hydrogen (secondary N) is 1. The number of amides is 2. The molecule has 2 unspecified atom stereocenters. The third-order valence-corrected chi connectivity index (χ3v) is 4.31. The monoisotopic (exact) mass is 338 g/mol. The van der Waals surface area contributed by atoms with Gasteiger partial charge >= 0.3 is 6.09 Å². The minimum Gasteiger partial charge on any atom is -0.439 e. The summed E-state index contributed by atoms with van der Waals surface area (Å²) < 4.78 is 5.36. The van der Waals surface area contributed by atoms with Crippen LogP contribution in [-0.2, 0) is 16.1 Å². The summed E-state index contributed by atoms with van der Waals surface area (Å²) in [5.74, 6) is -0.140. The number of hydrogen-bond donors (Lipinski definition) is 1. The highest BCUT2D eigenvalue weighted by atomic mass is 16.6. The molecule has 1 N–H and O–H groups in total. The molecule has 2 aromatic carbocycles. The Morgan fingerprint density at radius 3 is 2.28 bits per heavy atom. The molecule has 2 amide bonds. The van der Waals surface area contributed by atoms with Gasteiger partial charge in [-0.3, -0.25) is 4.79 Å². The van der Waals surface area contributed by atoms with Crippen molar-refractivity contribution in [2.75, 3.05) is 0 Å². The number of alkyl carbamates (subject to hydrolysis) is 1. The molecule has 1 aliphatic heterocycles. The number of carbonyl (C=O) groups excluding carboxylic acids is 2. The van der Waals surface area contributed by atoms with Gasteiger partial charge in [0.05, 0.1) is 0 Å². The standard InChI is InChI=1S/C20H22N2O3/c1-14(2)22(13-15-9-5-3-6-10-15)19(23)17-18(25-20(24)21-17)16-11-7-4-8-12-16/h3-12,14,17-18H,13H2,1-2H3,(H,21,24). The van der Waals surface area contributed by atoms with Gasteiger partial charge in [0.1, 0.15) is 0 Å². The van der Waals surface area contributed by atoms with E-state index >= 15 is 0 Å². The second-order valence-electron chi connectivity index (χ2n) is 6.40. The molecular formula is C20H22N2O3. The van der Waals surface area contributed by atoms with Crippen molar-refractivity contribution in [3.63, 3.8) is 0 Å². The van der Waals surface area contributed by atoms with Crippen molar-refractivity contribution < 1.29 is 14.3 Å². The maximum absolute atomic E-state index is 13.2. The summed E-state index contributed by atoms with van der Waals surface area (Å²) in [5, 5.41) is 2.67. The molecule has 5 nitrogen and oxygen atoms in total. The number of rotatable bonds is 5. The highest BCUT2D eigenvalue weighted by molar-refractivity contribution is 5.89. The van der Waals surface area contributed by atoms with Crippen LogP contribution in [0.3, 0.4) is 0 Å². The van der Waals surface area contributed by atoms with Crippen LogP contribution in [0.25, 0.3) is 0 Å². The van der Waals surface area contributed by atoms with Crippen molar-refractivity contribution in [1.82, 2.24) is 10.2 Å². The van der Waals surface area contributed by atoms with Crippen LogP contribution in [0.4, 0.5) is 4.79 Å². The first-order chi connectivity index (χ1) is 12.1. The minimum atomic E-state index is -0.721. The molecule has 3 rings (SSSR count). The highest BCUT2D eigenvalue weighted by Gasteiger charge is 2.42. The van der Waals surface area contributed by atoms with Crippen LogP contribution in [-0.4, -0.2) is 29.0 Å². The lowest BCUT2D eigenvalue weighted by Gasteiger charge is -2.30. The van der Waals surface area contributed by atoms with Crippen LogP contribution in [0.1, 0.15) is 31.1 Å². The van der Waals surface area contributed by atoms with E-state index in [1.165, 1.54) is 0 Å². The Labute approximate surface area is 147 Å². The number of cyclic esters (lactones) is 1. The molecular weight excluding hydrogens is 316 g/mol. The lowest BCUT2D eigenvalue weighted by Crippen LogP contribution is -2.48. The van der Waals surface area contributed by atoms with Crippen molar-refractivity contribution in [2.24, 2.45) is 0 Å². The van der Waals surface area contributed by atoms with E-state index in [1.807, 2.05) is 74.5 Å². The Balaban J connectivity index is 1.84. The SMILES string of the molecule is CC(C)N(Cc1ccccc1)C(=O)C1NC(=O)OC1c1ccccc1. The molecule has 0 aromatic heterocycles. The molecule has 0 saturated carbocycles. The van der Waals surface area contributed by atoms with E-state index in [0.717, 1.165) is 11.1 Å². The maximum Gasteiger partial charge on any atom is 0.408 e. The lowest BCUT2D eigenvalue weighted by molar-refractivity contribution is -0.136. The van der Waals surface area contributed by atoms with Crippen molar-refractivity contribution in [2.45, 2.75) is 38.6 Å². The van der Waals surface area contributed by atoms with E-state index in [0.29, 0.717) is 6.54 Å². The fraction of sp³-hybridized carbons (Fsp3) is 0.300. The van der Waals surface area contributed by atoms with Gasteiger partial charge in [0, 0.05) is 12.6 Å². The molecule has 25 heavy (non-hydrogen) atoms. The van der Waals surface area contributed by atoms with Gasteiger partial charge in [-0.05, 0) is 25.0 Å².